The molecule has 6 aromatic heterocycles. The Morgan fingerprint density at radius 1 is 0.576 bits per heavy atom. The summed E-state index contributed by atoms with van der Waals surface area (Å²) in [7, 11) is 6.40. The van der Waals surface area contributed by atoms with Crippen LogP contribution >= 0.6 is 11.3 Å². The van der Waals surface area contributed by atoms with Crippen LogP contribution in [0, 0.1) is 17.8 Å². The standard InChI is InChI=1S/C22H28N4O2.C21H28N6O.C21H27N5OS.CH4/c1-15(10-17-12-23-19-7-5-4-6-18(17)19)11-20(27)21-13-24-22(28-21)26-9-8-25(3)16(2)14-26;1-14(10-16-12-22-18-7-5-4-6-17(16)18)11-19(28)20-23-21(25-24-20)27-9-8-26(3)15(2)13-27;1-14(10-16-12-22-18-7-5-4-6-17(16)18)11-19(27)20-23-24-21(28-20)26-9-8-25(3)15(2)13-26;/h4-7,12-13,15-16,23H,8-11,14H2,1-3H3;4-7,12,14-15,22H,8-11,13H2,1-3H3,(H,23,24,25);4-7,12,14-15,22H,8-11,13H2,1-3H3;1H4. The Labute approximate surface area is 504 Å². The molecule has 3 aliphatic heterocycles. The Morgan fingerprint density at radius 2 is 1.01 bits per heavy atom. The average Bonchev–Trinajstić information content (AvgIpc) is 4.01. The summed E-state index contributed by atoms with van der Waals surface area (Å²) in [4.78, 5) is 70.4. The van der Waals surface area contributed by atoms with Crippen molar-refractivity contribution < 1.29 is 18.8 Å². The van der Waals surface area contributed by atoms with E-state index in [0.29, 0.717) is 65.9 Å². The smallest absolute Gasteiger partial charge is 0.297 e. The van der Waals surface area contributed by atoms with Crippen molar-refractivity contribution in [2.75, 3.05) is 94.7 Å². The Kier molecular flexibility index (Phi) is 20.5. The number of hydrogen-bond acceptors (Lipinski definition) is 16. The summed E-state index contributed by atoms with van der Waals surface area (Å²) in [6.45, 7) is 21.2. The normalized spacial score (nSPS) is 19.0. The lowest BCUT2D eigenvalue weighted by Gasteiger charge is -2.37. The quantitative estimate of drug-likeness (QED) is 0.0589. The van der Waals surface area contributed by atoms with Gasteiger partial charge in [0.2, 0.25) is 11.1 Å². The van der Waals surface area contributed by atoms with Crippen LogP contribution in [0.25, 0.3) is 32.7 Å². The summed E-state index contributed by atoms with van der Waals surface area (Å²) in [5.41, 5.74) is 7.18. The minimum atomic E-state index is 0. The molecule has 3 saturated heterocycles. The van der Waals surface area contributed by atoms with Crippen LogP contribution in [0.5, 0.6) is 0 Å². The molecule has 20 heteroatoms. The second-order valence-corrected chi connectivity index (χ2v) is 25.1. The number of hydrogen-bond donors (Lipinski definition) is 4. The molecule has 0 saturated carbocycles. The molecule has 12 rings (SSSR count). The SMILES string of the molecule is C.CC(CC(=O)c1cnc(N2CCN(C)C(C)C2)o1)Cc1c[nH]c2ccccc12.CC(CC(=O)c1nc(N2CCN(C)C(C)C2)n[nH]1)Cc1c[nH]c2ccccc12.CC(CC(=O)c1nnc(N2CCN(C)C(C)C2)s1)Cc1c[nH]c2ccccc12. The van der Waals surface area contributed by atoms with Gasteiger partial charge in [-0.1, -0.05) is 94.1 Å². The maximum Gasteiger partial charge on any atom is 0.297 e. The molecule has 0 radical (unpaired) electrons. The zero-order valence-electron chi connectivity index (χ0n) is 50.3. The maximum absolute atomic E-state index is 12.7. The molecular formula is C65H87N15O4S. The molecule has 0 aliphatic carbocycles. The number of nitrogens with zero attached hydrogens (tertiary/aromatic N) is 11. The summed E-state index contributed by atoms with van der Waals surface area (Å²) < 4.78 is 5.82. The summed E-state index contributed by atoms with van der Waals surface area (Å²) in [5, 5.41) is 20.7. The second kappa shape index (κ2) is 28.1. The third-order valence-corrected chi connectivity index (χ3v) is 18.2. The van der Waals surface area contributed by atoms with Crippen LogP contribution in [-0.4, -0.2) is 176 Å². The molecular weight excluding hydrogens is 1090 g/mol. The number of rotatable bonds is 18. The van der Waals surface area contributed by atoms with Crippen LogP contribution in [-0.2, 0) is 19.3 Å². The summed E-state index contributed by atoms with van der Waals surface area (Å²) in [6.07, 6.45) is 11.7. The predicted molar refractivity (Wildman–Crippen MR) is 343 cm³/mol. The first-order chi connectivity index (χ1) is 40.5. The molecule has 3 aromatic carbocycles. The van der Waals surface area contributed by atoms with E-state index in [1.165, 1.54) is 44.2 Å². The summed E-state index contributed by atoms with van der Waals surface area (Å²) in [6, 6.07) is 26.8. The van der Waals surface area contributed by atoms with Crippen molar-refractivity contribution in [3.63, 3.8) is 0 Å². The minimum absolute atomic E-state index is 0. The first-order valence-corrected chi connectivity index (χ1v) is 30.7. The van der Waals surface area contributed by atoms with Gasteiger partial charge in [0, 0.05) is 148 Å². The third kappa shape index (κ3) is 15.3. The molecule has 3 aliphatic rings. The molecule has 4 N–H and O–H groups in total. The van der Waals surface area contributed by atoms with Gasteiger partial charge in [-0.2, -0.15) is 4.98 Å². The van der Waals surface area contributed by atoms with Crippen molar-refractivity contribution >= 4 is 78.5 Å². The summed E-state index contributed by atoms with van der Waals surface area (Å²) >= 11 is 1.43. The summed E-state index contributed by atoms with van der Waals surface area (Å²) in [5.74, 6) is 2.21. The van der Waals surface area contributed by atoms with Crippen LogP contribution < -0.4 is 14.7 Å². The number of para-hydroxylation sites is 3. The molecule has 0 amide bonds. The molecule has 19 nitrogen and oxygen atoms in total. The fourth-order valence-corrected chi connectivity index (χ4v) is 12.5. The van der Waals surface area contributed by atoms with E-state index in [1.807, 2.05) is 42.7 Å². The minimum Gasteiger partial charge on any atom is -0.420 e. The number of anilines is 3. The molecule has 85 heavy (non-hydrogen) atoms. The van der Waals surface area contributed by atoms with Gasteiger partial charge in [0.05, 0.1) is 6.20 Å². The third-order valence-electron chi connectivity index (χ3n) is 17.2. The highest BCUT2D eigenvalue weighted by molar-refractivity contribution is 7.17. The molecule has 0 spiro atoms. The van der Waals surface area contributed by atoms with Crippen molar-refractivity contribution in [2.45, 2.75) is 106 Å². The average molecular weight is 1170 g/mol. The number of aromatic amines is 4. The number of Topliss-reactive ketones (excluding diaryl/α,β-unsaturated/α-hetero) is 3. The molecule has 9 aromatic rings. The van der Waals surface area contributed by atoms with E-state index in [0.717, 1.165) is 99.8 Å². The fourth-order valence-electron chi connectivity index (χ4n) is 11.7. The number of oxazole rings is 1. The number of carbonyl (C=O) groups excluding carboxylic acids is 3. The van der Waals surface area contributed by atoms with Crippen LogP contribution in [0.4, 0.5) is 17.1 Å². The van der Waals surface area contributed by atoms with E-state index >= 15 is 0 Å². The second-order valence-electron chi connectivity index (χ2n) is 24.1. The highest BCUT2D eigenvalue weighted by Gasteiger charge is 2.29. The monoisotopic (exact) mass is 1170 g/mol. The number of likely N-dealkylation sites (N-methyl/N-ethyl adjacent to an activating group) is 3. The van der Waals surface area contributed by atoms with Crippen molar-refractivity contribution in [2.24, 2.45) is 17.8 Å². The van der Waals surface area contributed by atoms with E-state index in [-0.39, 0.29) is 42.5 Å². The van der Waals surface area contributed by atoms with Gasteiger partial charge in [-0.15, -0.1) is 15.3 Å². The molecule has 3 fully saturated rings. The van der Waals surface area contributed by atoms with Crippen LogP contribution in [0.1, 0.15) is 116 Å². The molecule has 452 valence electrons. The first kappa shape index (κ1) is 62.0. The zero-order chi connectivity index (χ0) is 59.0. The number of piperazine rings is 3. The van der Waals surface area contributed by atoms with E-state index in [9.17, 15) is 14.4 Å². The Morgan fingerprint density at radius 3 is 1.52 bits per heavy atom. The lowest BCUT2D eigenvalue weighted by atomic mass is 9.95. The number of carbonyl (C=O) groups is 3. The van der Waals surface area contributed by atoms with Gasteiger partial charge < -0.3 is 48.8 Å². The molecule has 6 unspecified atom stereocenters. The van der Waals surface area contributed by atoms with Crippen LogP contribution in [0.3, 0.4) is 0 Å². The molecule has 6 atom stereocenters. The lowest BCUT2D eigenvalue weighted by Crippen LogP contribution is -2.50. The Bertz CT molecular complexity index is 3260. The highest BCUT2D eigenvalue weighted by Crippen LogP contribution is 2.29. The number of H-pyrrole nitrogens is 4. The fraction of sp³-hybridized carbons (Fsp3) is 0.477. The first-order valence-electron chi connectivity index (χ1n) is 29.8. The van der Waals surface area contributed by atoms with Crippen molar-refractivity contribution in [1.82, 2.24) is 60.0 Å². The number of benzene rings is 3. The Hall–Kier alpha value is -7.52. The van der Waals surface area contributed by atoms with Gasteiger partial charge in [-0.25, -0.2) is 4.98 Å². The van der Waals surface area contributed by atoms with E-state index in [4.69, 9.17) is 4.42 Å². The van der Waals surface area contributed by atoms with Gasteiger partial charge >= 0.3 is 0 Å². The van der Waals surface area contributed by atoms with Gasteiger partial charge in [0.15, 0.2) is 33.9 Å². The van der Waals surface area contributed by atoms with E-state index in [1.54, 1.807) is 6.20 Å². The van der Waals surface area contributed by atoms with Crippen molar-refractivity contribution in [1.29, 1.82) is 0 Å². The highest BCUT2D eigenvalue weighted by atomic mass is 32.1. The largest absolute Gasteiger partial charge is 0.420 e. The van der Waals surface area contributed by atoms with Crippen LogP contribution in [0.2, 0.25) is 0 Å². The van der Waals surface area contributed by atoms with Gasteiger partial charge in [-0.05, 0) is 114 Å². The predicted octanol–water partition coefficient (Wildman–Crippen LogP) is 10.9. The maximum atomic E-state index is 12.7. The Balaban J connectivity index is 0.000000152. The van der Waals surface area contributed by atoms with Crippen molar-refractivity contribution in [3.05, 3.63) is 131 Å². The number of fused-ring (bicyclic) bond motifs is 3. The molecule has 0 bridgehead atoms. The van der Waals surface area contributed by atoms with Crippen molar-refractivity contribution in [3.8, 4) is 0 Å². The topological polar surface area (TPSA) is 211 Å². The van der Waals surface area contributed by atoms with Gasteiger partial charge in [0.1, 0.15) is 0 Å². The number of nitrogens with one attached hydrogen (secondary N) is 4. The van der Waals surface area contributed by atoms with Gasteiger partial charge in [-0.3, -0.25) is 19.5 Å². The zero-order valence-corrected chi connectivity index (χ0v) is 51.1. The lowest BCUT2D eigenvalue weighted by molar-refractivity contribution is 0.0933. The molecule has 9 heterocycles. The van der Waals surface area contributed by atoms with Crippen LogP contribution in [0.15, 0.2) is 102 Å². The number of aromatic nitrogens is 9. The number of ketones is 3. The van der Waals surface area contributed by atoms with Gasteiger partial charge in [0.25, 0.3) is 6.01 Å². The van der Waals surface area contributed by atoms with E-state index in [2.05, 4.69) is 186 Å². The van der Waals surface area contributed by atoms with E-state index < -0.39 is 0 Å².